The third-order valence-corrected chi connectivity index (χ3v) is 10.2. The maximum atomic E-state index is 15.0. The summed E-state index contributed by atoms with van der Waals surface area (Å²) in [7, 11) is -4.01. The van der Waals surface area contributed by atoms with Gasteiger partial charge in [0.2, 0.25) is 14.2 Å². The highest BCUT2D eigenvalue weighted by Crippen LogP contribution is 2.39. The second-order valence-electron chi connectivity index (χ2n) is 14.6. The van der Waals surface area contributed by atoms with Crippen LogP contribution in [0.1, 0.15) is 47.7 Å². The predicted octanol–water partition coefficient (Wildman–Crippen LogP) is 10.0. The summed E-state index contributed by atoms with van der Waals surface area (Å²) in [5.41, 5.74) is 2.98. The summed E-state index contributed by atoms with van der Waals surface area (Å²) < 4.78 is 46.3. The molecular formula is C39H46F2N2O5Si2. The van der Waals surface area contributed by atoms with E-state index in [1.165, 1.54) is 29.2 Å². The van der Waals surface area contributed by atoms with Gasteiger partial charge >= 0.3 is 6.09 Å². The summed E-state index contributed by atoms with van der Waals surface area (Å²) in [4.78, 5) is 29.6. The van der Waals surface area contributed by atoms with E-state index in [1.54, 1.807) is 24.3 Å². The fourth-order valence-corrected chi connectivity index (χ4v) is 8.12. The first-order valence-electron chi connectivity index (χ1n) is 17.0. The molecular weight excluding hydrogens is 671 g/mol. The van der Waals surface area contributed by atoms with E-state index in [2.05, 4.69) is 44.6 Å². The maximum absolute atomic E-state index is 15.0. The molecule has 50 heavy (non-hydrogen) atoms. The van der Waals surface area contributed by atoms with E-state index in [9.17, 15) is 18.4 Å². The van der Waals surface area contributed by atoms with Crippen LogP contribution in [0.2, 0.25) is 39.3 Å². The molecule has 0 spiro atoms. The number of amides is 2. The van der Waals surface area contributed by atoms with Crippen LogP contribution < -0.4 is 9.74 Å². The number of nitrogens with zero attached hydrogens (tertiary/aromatic N) is 1. The van der Waals surface area contributed by atoms with Crippen LogP contribution in [0.25, 0.3) is 0 Å². The van der Waals surface area contributed by atoms with Crippen molar-refractivity contribution in [3.8, 4) is 5.75 Å². The SMILES string of the molecule is C[Si](C)(C)Oc1ccc([C@@H](Nc2ccc(F)cc2)[C@@H](CC[C@@H](O[Si](C)(C)C)c2ccc(F)cc2)C(=O)N2C(=O)OC[C@@H]2c2ccccc2)cc1. The Morgan fingerprint density at radius 2 is 1.38 bits per heavy atom. The van der Waals surface area contributed by atoms with Gasteiger partial charge in [0.15, 0.2) is 8.32 Å². The Balaban J connectivity index is 1.58. The molecule has 5 rings (SSSR count). The van der Waals surface area contributed by atoms with Crippen LogP contribution in [0.3, 0.4) is 0 Å². The fourth-order valence-electron chi connectivity index (χ4n) is 6.16. The van der Waals surface area contributed by atoms with Gasteiger partial charge in [0.1, 0.15) is 30.0 Å². The van der Waals surface area contributed by atoms with Gasteiger partial charge in [-0.2, -0.15) is 0 Å². The molecule has 1 aliphatic rings. The Labute approximate surface area is 295 Å². The average Bonchev–Trinajstić information content (AvgIpc) is 3.45. The van der Waals surface area contributed by atoms with Crippen molar-refractivity contribution >= 4 is 34.3 Å². The van der Waals surface area contributed by atoms with Crippen molar-refractivity contribution in [2.24, 2.45) is 5.92 Å². The molecule has 1 N–H and O–H groups in total. The van der Waals surface area contributed by atoms with Crippen molar-refractivity contribution in [2.45, 2.75) is 70.3 Å². The zero-order valence-corrected chi connectivity index (χ0v) is 31.5. The number of anilines is 1. The van der Waals surface area contributed by atoms with Crippen LogP contribution in [0.15, 0.2) is 103 Å². The van der Waals surface area contributed by atoms with E-state index in [0.717, 1.165) is 22.4 Å². The standard InChI is InChI=1S/C39H46F2N2O5Si2/c1-49(2,3)47-33-22-14-29(15-23-33)37(42-32-20-18-31(41)19-21-32)34(24-25-36(48-50(4,5)6)28-12-16-30(40)17-13-28)38(44)43-35(26-46-39(43)45)27-10-8-7-9-11-27/h7-23,34-37,42H,24-26H2,1-6H3/t34-,35-,36-,37-/m1/s1. The van der Waals surface area contributed by atoms with E-state index in [1.807, 2.05) is 54.6 Å². The van der Waals surface area contributed by atoms with E-state index in [4.69, 9.17) is 13.6 Å². The minimum atomic E-state index is -2.12. The number of carbonyl (C=O) groups excluding carboxylic acids is 2. The number of imide groups is 1. The number of nitrogens with one attached hydrogen (secondary N) is 1. The summed E-state index contributed by atoms with van der Waals surface area (Å²) in [6.07, 6.45) is -0.430. The highest BCUT2D eigenvalue weighted by molar-refractivity contribution is 6.70. The average molecular weight is 717 g/mol. The molecule has 0 unspecified atom stereocenters. The minimum absolute atomic E-state index is 0.0387. The maximum Gasteiger partial charge on any atom is 0.417 e. The van der Waals surface area contributed by atoms with Crippen molar-refractivity contribution < 1.29 is 32.0 Å². The normalized spacial score (nSPS) is 16.8. The summed E-state index contributed by atoms with van der Waals surface area (Å²) in [5.74, 6) is -1.23. The van der Waals surface area contributed by atoms with Crippen molar-refractivity contribution in [3.63, 3.8) is 0 Å². The monoisotopic (exact) mass is 716 g/mol. The van der Waals surface area contributed by atoms with Gasteiger partial charge in [0, 0.05) is 5.69 Å². The van der Waals surface area contributed by atoms with Crippen LogP contribution >= 0.6 is 0 Å². The molecule has 0 bridgehead atoms. The van der Waals surface area contributed by atoms with Gasteiger partial charge < -0.3 is 18.9 Å². The quantitative estimate of drug-likeness (QED) is 0.131. The number of halogens is 2. The summed E-state index contributed by atoms with van der Waals surface area (Å²) in [6, 6.07) is 27.9. The van der Waals surface area contributed by atoms with Crippen molar-refractivity contribution in [2.75, 3.05) is 11.9 Å². The lowest BCUT2D eigenvalue weighted by Crippen LogP contribution is -2.42. The van der Waals surface area contributed by atoms with E-state index in [0.29, 0.717) is 18.5 Å². The molecule has 1 aliphatic heterocycles. The third kappa shape index (κ3) is 9.89. The van der Waals surface area contributed by atoms with Crippen LogP contribution in [0.4, 0.5) is 19.3 Å². The number of cyclic esters (lactones) is 1. The van der Waals surface area contributed by atoms with Crippen LogP contribution in [-0.4, -0.2) is 40.1 Å². The fraction of sp³-hybridized carbons (Fsp3) is 0.333. The molecule has 4 aromatic carbocycles. The van der Waals surface area contributed by atoms with E-state index >= 15 is 0 Å². The second kappa shape index (κ2) is 15.7. The van der Waals surface area contributed by atoms with Crippen molar-refractivity contribution in [1.29, 1.82) is 0 Å². The van der Waals surface area contributed by atoms with Gasteiger partial charge in [0.05, 0.1) is 18.1 Å². The zero-order chi connectivity index (χ0) is 36.1. The van der Waals surface area contributed by atoms with Gasteiger partial charge in [-0.3, -0.25) is 4.79 Å². The van der Waals surface area contributed by atoms with Crippen LogP contribution in [-0.2, 0) is 14.0 Å². The summed E-state index contributed by atoms with van der Waals surface area (Å²) >= 11 is 0. The highest BCUT2D eigenvalue weighted by Gasteiger charge is 2.44. The largest absolute Gasteiger partial charge is 0.544 e. The molecule has 2 amide bonds. The van der Waals surface area contributed by atoms with Crippen LogP contribution in [0.5, 0.6) is 5.75 Å². The molecule has 11 heteroatoms. The molecule has 0 radical (unpaired) electrons. The molecule has 1 fully saturated rings. The lowest BCUT2D eigenvalue weighted by molar-refractivity contribution is -0.134. The summed E-state index contributed by atoms with van der Waals surface area (Å²) in [6.45, 7) is 12.6. The Hall–Kier alpha value is -4.33. The number of rotatable bonds is 14. The number of hydrogen-bond acceptors (Lipinski definition) is 6. The molecule has 4 atom stereocenters. The third-order valence-electron chi connectivity index (χ3n) is 8.32. The second-order valence-corrected chi connectivity index (χ2v) is 23.5. The predicted molar refractivity (Wildman–Crippen MR) is 197 cm³/mol. The number of carbonyl (C=O) groups is 2. The van der Waals surface area contributed by atoms with E-state index < -0.39 is 52.7 Å². The molecule has 1 saturated heterocycles. The van der Waals surface area contributed by atoms with Gasteiger partial charge in [-0.1, -0.05) is 54.6 Å². The molecule has 4 aromatic rings. The molecule has 0 aliphatic carbocycles. The first-order valence-corrected chi connectivity index (χ1v) is 23.8. The Kier molecular flexibility index (Phi) is 11.6. The Morgan fingerprint density at radius 1 is 0.800 bits per heavy atom. The van der Waals surface area contributed by atoms with Gasteiger partial charge in [0.25, 0.3) is 0 Å². The molecule has 264 valence electrons. The summed E-state index contributed by atoms with van der Waals surface area (Å²) in [5, 5.41) is 3.50. The van der Waals surface area contributed by atoms with Gasteiger partial charge in [-0.15, -0.1) is 0 Å². The molecule has 1 heterocycles. The van der Waals surface area contributed by atoms with Crippen molar-refractivity contribution in [1.82, 2.24) is 4.90 Å². The van der Waals surface area contributed by atoms with E-state index in [-0.39, 0.29) is 18.2 Å². The van der Waals surface area contributed by atoms with Gasteiger partial charge in [-0.05, 0) is 117 Å². The smallest absolute Gasteiger partial charge is 0.417 e. The van der Waals surface area contributed by atoms with Crippen molar-refractivity contribution in [3.05, 3.63) is 131 Å². The number of ether oxygens (including phenoxy) is 1. The molecule has 0 saturated carbocycles. The lowest BCUT2D eigenvalue weighted by Gasteiger charge is -2.34. The Morgan fingerprint density at radius 3 is 1.96 bits per heavy atom. The number of hydrogen-bond donors (Lipinski definition) is 1. The van der Waals surface area contributed by atoms with Crippen LogP contribution in [0, 0.1) is 17.6 Å². The Bertz CT molecular complexity index is 1730. The lowest BCUT2D eigenvalue weighted by atomic mass is 9.85. The first kappa shape index (κ1) is 36.9. The number of benzene rings is 4. The first-order chi connectivity index (χ1) is 23.7. The van der Waals surface area contributed by atoms with Gasteiger partial charge in [-0.25, -0.2) is 18.5 Å². The highest BCUT2D eigenvalue weighted by atomic mass is 28.4. The zero-order valence-electron chi connectivity index (χ0n) is 29.5. The molecule has 7 nitrogen and oxygen atoms in total. The minimum Gasteiger partial charge on any atom is -0.544 e. The molecule has 0 aromatic heterocycles. The topological polar surface area (TPSA) is 77.1 Å².